The molecule has 3 aromatic rings. The first-order valence-electron chi connectivity index (χ1n) is 8.85. The summed E-state index contributed by atoms with van der Waals surface area (Å²) < 4.78 is 0. The van der Waals surface area contributed by atoms with E-state index in [1.807, 2.05) is 0 Å². The van der Waals surface area contributed by atoms with Crippen LogP contribution in [-0.2, 0) is 6.42 Å². The lowest BCUT2D eigenvalue weighted by Crippen LogP contribution is -1.91. The Kier molecular flexibility index (Phi) is 6.10. The molecule has 0 aromatic heterocycles. The van der Waals surface area contributed by atoms with Crippen LogP contribution in [0.3, 0.4) is 0 Å². The van der Waals surface area contributed by atoms with Gasteiger partial charge in [0.2, 0.25) is 0 Å². The summed E-state index contributed by atoms with van der Waals surface area (Å²) in [5, 5.41) is 6.77. The van der Waals surface area contributed by atoms with Gasteiger partial charge >= 0.3 is 0 Å². The third kappa shape index (κ3) is 4.14. The number of hydrogen-bond donors (Lipinski definition) is 0. The summed E-state index contributed by atoms with van der Waals surface area (Å²) >= 11 is 3.51. The van der Waals surface area contributed by atoms with Gasteiger partial charge in [-0.25, -0.2) is 0 Å². The zero-order chi connectivity index (χ0) is 15.9. The third-order valence-electron chi connectivity index (χ3n) is 4.69. The zero-order valence-electron chi connectivity index (χ0n) is 13.7. The van der Waals surface area contributed by atoms with Gasteiger partial charge in [-0.05, 0) is 52.4 Å². The van der Waals surface area contributed by atoms with Crippen molar-refractivity contribution in [3.63, 3.8) is 0 Å². The van der Waals surface area contributed by atoms with Crippen molar-refractivity contribution in [3.8, 4) is 0 Å². The largest absolute Gasteiger partial charge is 0.0928 e. The fourth-order valence-electron chi connectivity index (χ4n) is 3.48. The van der Waals surface area contributed by atoms with Crippen LogP contribution in [0, 0.1) is 0 Å². The molecule has 23 heavy (non-hydrogen) atoms. The van der Waals surface area contributed by atoms with Gasteiger partial charge in [0, 0.05) is 5.33 Å². The molecule has 0 heterocycles. The van der Waals surface area contributed by atoms with Crippen molar-refractivity contribution in [2.45, 2.75) is 44.9 Å². The number of alkyl halides is 1. The van der Waals surface area contributed by atoms with Crippen molar-refractivity contribution in [2.24, 2.45) is 0 Å². The molecule has 0 saturated heterocycles. The Bertz CT molecular complexity index is 706. The Labute approximate surface area is 148 Å². The SMILES string of the molecule is BrCCCCCCCCc1c2ccccc2cc2ccccc12. The Hall–Kier alpha value is -1.34. The molecule has 0 amide bonds. The summed E-state index contributed by atoms with van der Waals surface area (Å²) in [5.74, 6) is 0. The van der Waals surface area contributed by atoms with Crippen molar-refractivity contribution in [1.29, 1.82) is 0 Å². The van der Waals surface area contributed by atoms with E-state index in [2.05, 4.69) is 70.5 Å². The van der Waals surface area contributed by atoms with E-state index in [1.54, 1.807) is 5.56 Å². The standard InChI is InChI=1S/C22H25Br/c23-16-10-4-2-1-3-5-15-22-20-13-8-6-11-18(20)17-19-12-7-9-14-21(19)22/h6-9,11-14,17H,1-5,10,15-16H2. The minimum atomic E-state index is 1.15. The predicted octanol–water partition coefficient (Wildman–Crippen LogP) is 7.27. The van der Waals surface area contributed by atoms with Crippen molar-refractivity contribution in [1.82, 2.24) is 0 Å². The summed E-state index contributed by atoms with van der Waals surface area (Å²) in [6, 6.07) is 20.0. The molecule has 0 spiro atoms. The molecule has 0 aliphatic carbocycles. The number of halogens is 1. The molecule has 0 fully saturated rings. The Morgan fingerprint density at radius 2 is 1.13 bits per heavy atom. The third-order valence-corrected chi connectivity index (χ3v) is 5.25. The first-order chi connectivity index (χ1) is 11.4. The molecule has 0 atom stereocenters. The second-order valence-corrected chi connectivity index (χ2v) is 7.15. The van der Waals surface area contributed by atoms with Gasteiger partial charge in [-0.15, -0.1) is 0 Å². The lowest BCUT2D eigenvalue weighted by atomic mass is 9.93. The summed E-state index contributed by atoms with van der Waals surface area (Å²) in [6.07, 6.45) is 9.26. The summed E-state index contributed by atoms with van der Waals surface area (Å²) in [4.78, 5) is 0. The van der Waals surface area contributed by atoms with E-state index >= 15 is 0 Å². The second kappa shape index (κ2) is 8.49. The van der Waals surface area contributed by atoms with Gasteiger partial charge in [-0.3, -0.25) is 0 Å². The van der Waals surface area contributed by atoms with Gasteiger partial charge in [0.05, 0.1) is 0 Å². The molecule has 0 N–H and O–H groups in total. The van der Waals surface area contributed by atoms with Gasteiger partial charge in [0.1, 0.15) is 0 Å². The molecule has 0 aliphatic rings. The average Bonchev–Trinajstić information content (AvgIpc) is 2.60. The zero-order valence-corrected chi connectivity index (χ0v) is 15.3. The van der Waals surface area contributed by atoms with Crippen molar-refractivity contribution in [3.05, 3.63) is 60.2 Å². The van der Waals surface area contributed by atoms with Crippen molar-refractivity contribution < 1.29 is 0 Å². The molecule has 3 aromatic carbocycles. The summed E-state index contributed by atoms with van der Waals surface area (Å²) in [5.41, 5.74) is 1.54. The van der Waals surface area contributed by atoms with Crippen LogP contribution in [0.1, 0.15) is 44.1 Å². The van der Waals surface area contributed by atoms with E-state index in [9.17, 15) is 0 Å². The van der Waals surface area contributed by atoms with Crippen LogP contribution in [-0.4, -0.2) is 5.33 Å². The molecule has 120 valence electrons. The van der Waals surface area contributed by atoms with Crippen molar-refractivity contribution in [2.75, 3.05) is 5.33 Å². The topological polar surface area (TPSA) is 0 Å². The average molecular weight is 369 g/mol. The number of fused-ring (bicyclic) bond motifs is 2. The number of unbranched alkanes of at least 4 members (excludes halogenated alkanes) is 5. The van der Waals surface area contributed by atoms with E-state index in [-0.39, 0.29) is 0 Å². The van der Waals surface area contributed by atoms with Gasteiger partial charge < -0.3 is 0 Å². The highest BCUT2D eigenvalue weighted by atomic mass is 79.9. The van der Waals surface area contributed by atoms with E-state index < -0.39 is 0 Å². The first kappa shape index (κ1) is 16.5. The molecular formula is C22H25Br. The van der Waals surface area contributed by atoms with Gasteiger partial charge in [0.15, 0.2) is 0 Å². The Morgan fingerprint density at radius 3 is 1.74 bits per heavy atom. The van der Waals surface area contributed by atoms with Crippen molar-refractivity contribution >= 4 is 37.5 Å². The van der Waals surface area contributed by atoms with Gasteiger partial charge in [-0.1, -0.05) is 90.1 Å². The monoisotopic (exact) mass is 368 g/mol. The van der Waals surface area contributed by atoms with Crippen LogP contribution in [0.5, 0.6) is 0 Å². The number of rotatable bonds is 8. The molecule has 0 aliphatic heterocycles. The van der Waals surface area contributed by atoms with Gasteiger partial charge in [-0.2, -0.15) is 0 Å². The summed E-state index contributed by atoms with van der Waals surface area (Å²) in [6.45, 7) is 0. The minimum Gasteiger partial charge on any atom is -0.0928 e. The van der Waals surface area contributed by atoms with E-state index in [0.717, 1.165) is 5.33 Å². The van der Waals surface area contributed by atoms with Crippen LogP contribution in [0.2, 0.25) is 0 Å². The van der Waals surface area contributed by atoms with Crippen LogP contribution in [0.25, 0.3) is 21.5 Å². The molecular weight excluding hydrogens is 344 g/mol. The lowest BCUT2D eigenvalue weighted by Gasteiger charge is -2.11. The first-order valence-corrected chi connectivity index (χ1v) is 9.97. The normalized spacial score (nSPS) is 11.3. The highest BCUT2D eigenvalue weighted by Crippen LogP contribution is 2.29. The number of aryl methyl sites for hydroxylation is 1. The predicted molar refractivity (Wildman–Crippen MR) is 107 cm³/mol. The quantitative estimate of drug-likeness (QED) is 0.222. The lowest BCUT2D eigenvalue weighted by molar-refractivity contribution is 0.611. The second-order valence-electron chi connectivity index (χ2n) is 6.36. The molecule has 0 saturated carbocycles. The number of benzene rings is 3. The van der Waals surface area contributed by atoms with Crippen LogP contribution < -0.4 is 0 Å². The Balaban J connectivity index is 1.75. The van der Waals surface area contributed by atoms with Crippen LogP contribution >= 0.6 is 15.9 Å². The highest BCUT2D eigenvalue weighted by Gasteiger charge is 2.06. The summed E-state index contributed by atoms with van der Waals surface area (Å²) in [7, 11) is 0. The fraction of sp³-hybridized carbons (Fsp3) is 0.364. The van der Waals surface area contributed by atoms with E-state index in [1.165, 1.54) is 66.5 Å². The molecule has 0 nitrogen and oxygen atoms in total. The maximum absolute atomic E-state index is 3.51. The van der Waals surface area contributed by atoms with Gasteiger partial charge in [0.25, 0.3) is 0 Å². The minimum absolute atomic E-state index is 1.15. The van der Waals surface area contributed by atoms with E-state index in [4.69, 9.17) is 0 Å². The highest BCUT2D eigenvalue weighted by molar-refractivity contribution is 9.09. The Morgan fingerprint density at radius 1 is 0.609 bits per heavy atom. The molecule has 3 rings (SSSR count). The fourth-order valence-corrected chi connectivity index (χ4v) is 3.88. The maximum atomic E-state index is 3.51. The van der Waals surface area contributed by atoms with Crippen LogP contribution in [0.4, 0.5) is 0 Å². The molecule has 0 bridgehead atoms. The molecule has 1 heteroatoms. The smallest absolute Gasteiger partial charge is 0.00313 e. The molecule has 0 radical (unpaired) electrons. The van der Waals surface area contributed by atoms with Crippen LogP contribution in [0.15, 0.2) is 54.6 Å². The number of hydrogen-bond acceptors (Lipinski definition) is 0. The maximum Gasteiger partial charge on any atom is 0.00313 e. The van der Waals surface area contributed by atoms with E-state index in [0.29, 0.717) is 0 Å². The molecule has 0 unspecified atom stereocenters.